The molecule has 0 spiro atoms. The molecular formula is C14H20ClN3O2. The molecule has 0 bridgehead atoms. The SMILES string of the molecule is C=CCNC(=O)c1ccc(NC(=O)CC(C)N)cc1.Cl. The van der Waals surface area contributed by atoms with Crippen LogP contribution in [0, 0.1) is 0 Å². The minimum Gasteiger partial charge on any atom is -0.349 e. The van der Waals surface area contributed by atoms with Crippen molar-refractivity contribution < 1.29 is 9.59 Å². The smallest absolute Gasteiger partial charge is 0.251 e. The third-order valence-electron chi connectivity index (χ3n) is 2.35. The summed E-state index contributed by atoms with van der Waals surface area (Å²) < 4.78 is 0. The Labute approximate surface area is 125 Å². The predicted molar refractivity (Wildman–Crippen MR) is 83.1 cm³/mol. The van der Waals surface area contributed by atoms with Gasteiger partial charge in [0.25, 0.3) is 5.91 Å². The lowest BCUT2D eigenvalue weighted by molar-refractivity contribution is -0.116. The zero-order valence-corrected chi connectivity index (χ0v) is 12.2. The van der Waals surface area contributed by atoms with Crippen molar-refractivity contribution in [1.82, 2.24) is 5.32 Å². The van der Waals surface area contributed by atoms with Crippen molar-refractivity contribution in [1.29, 1.82) is 0 Å². The van der Waals surface area contributed by atoms with E-state index in [9.17, 15) is 9.59 Å². The molecule has 20 heavy (non-hydrogen) atoms. The van der Waals surface area contributed by atoms with Crippen LogP contribution in [0.5, 0.6) is 0 Å². The normalized spacial score (nSPS) is 10.9. The van der Waals surface area contributed by atoms with Crippen LogP contribution < -0.4 is 16.4 Å². The van der Waals surface area contributed by atoms with Gasteiger partial charge in [0.15, 0.2) is 0 Å². The van der Waals surface area contributed by atoms with Crippen LogP contribution in [-0.4, -0.2) is 24.4 Å². The van der Waals surface area contributed by atoms with Crippen LogP contribution >= 0.6 is 12.4 Å². The number of hydrogen-bond acceptors (Lipinski definition) is 3. The van der Waals surface area contributed by atoms with E-state index in [0.717, 1.165) is 0 Å². The third-order valence-corrected chi connectivity index (χ3v) is 2.35. The van der Waals surface area contributed by atoms with Crippen LogP contribution in [0.2, 0.25) is 0 Å². The molecule has 0 aliphatic carbocycles. The number of halogens is 1. The third kappa shape index (κ3) is 6.36. The van der Waals surface area contributed by atoms with E-state index in [0.29, 0.717) is 17.8 Å². The van der Waals surface area contributed by atoms with Gasteiger partial charge in [0.2, 0.25) is 5.91 Å². The van der Waals surface area contributed by atoms with E-state index in [4.69, 9.17) is 5.73 Å². The fourth-order valence-corrected chi connectivity index (χ4v) is 1.48. The van der Waals surface area contributed by atoms with E-state index in [1.165, 1.54) is 0 Å². The molecule has 4 N–H and O–H groups in total. The second-order valence-electron chi connectivity index (χ2n) is 4.31. The zero-order chi connectivity index (χ0) is 14.3. The van der Waals surface area contributed by atoms with Gasteiger partial charge in [-0.3, -0.25) is 9.59 Å². The van der Waals surface area contributed by atoms with Crippen molar-refractivity contribution in [2.24, 2.45) is 5.73 Å². The van der Waals surface area contributed by atoms with Gasteiger partial charge in [-0.2, -0.15) is 0 Å². The van der Waals surface area contributed by atoms with E-state index in [-0.39, 0.29) is 36.7 Å². The minimum absolute atomic E-state index is 0. The van der Waals surface area contributed by atoms with Crippen molar-refractivity contribution >= 4 is 29.9 Å². The molecule has 1 rings (SSSR count). The van der Waals surface area contributed by atoms with Crippen molar-refractivity contribution in [3.63, 3.8) is 0 Å². The summed E-state index contributed by atoms with van der Waals surface area (Å²) in [6.45, 7) is 5.72. The summed E-state index contributed by atoms with van der Waals surface area (Å²) in [5.74, 6) is -0.313. The molecule has 1 aromatic carbocycles. The minimum atomic E-state index is -0.177. The van der Waals surface area contributed by atoms with Crippen molar-refractivity contribution in [2.45, 2.75) is 19.4 Å². The van der Waals surface area contributed by atoms with Gasteiger partial charge in [0.05, 0.1) is 0 Å². The van der Waals surface area contributed by atoms with E-state index in [2.05, 4.69) is 17.2 Å². The summed E-state index contributed by atoms with van der Waals surface area (Å²) in [5, 5.41) is 5.39. The van der Waals surface area contributed by atoms with Gasteiger partial charge in [-0.15, -0.1) is 19.0 Å². The molecule has 1 unspecified atom stereocenters. The lowest BCUT2D eigenvalue weighted by Gasteiger charge is -2.08. The molecular weight excluding hydrogens is 278 g/mol. The number of carbonyl (C=O) groups is 2. The summed E-state index contributed by atoms with van der Waals surface area (Å²) in [6, 6.07) is 6.49. The number of nitrogens with two attached hydrogens (primary N) is 1. The lowest BCUT2D eigenvalue weighted by Crippen LogP contribution is -2.24. The van der Waals surface area contributed by atoms with Gasteiger partial charge in [-0.1, -0.05) is 6.08 Å². The van der Waals surface area contributed by atoms with Gasteiger partial charge in [0, 0.05) is 30.3 Å². The summed E-state index contributed by atoms with van der Waals surface area (Å²) in [5.41, 5.74) is 6.71. The van der Waals surface area contributed by atoms with Gasteiger partial charge < -0.3 is 16.4 Å². The molecule has 0 saturated heterocycles. The summed E-state index contributed by atoms with van der Waals surface area (Å²) in [4.78, 5) is 23.1. The number of nitrogens with one attached hydrogen (secondary N) is 2. The molecule has 5 nitrogen and oxygen atoms in total. The van der Waals surface area contributed by atoms with Gasteiger partial charge in [-0.05, 0) is 31.2 Å². The zero-order valence-electron chi connectivity index (χ0n) is 11.4. The second-order valence-corrected chi connectivity index (χ2v) is 4.31. The molecule has 6 heteroatoms. The van der Waals surface area contributed by atoms with Gasteiger partial charge in [0.1, 0.15) is 0 Å². The molecule has 2 amide bonds. The van der Waals surface area contributed by atoms with Crippen LogP contribution in [0.1, 0.15) is 23.7 Å². The fraction of sp³-hybridized carbons (Fsp3) is 0.286. The molecule has 0 saturated carbocycles. The predicted octanol–water partition coefficient (Wildman–Crippen LogP) is 1.70. The summed E-state index contributed by atoms with van der Waals surface area (Å²) in [7, 11) is 0. The maximum Gasteiger partial charge on any atom is 0.251 e. The Balaban J connectivity index is 0.00000361. The maximum atomic E-state index is 11.6. The van der Waals surface area contributed by atoms with Crippen LogP contribution in [0.25, 0.3) is 0 Å². The number of anilines is 1. The molecule has 1 atom stereocenters. The number of rotatable bonds is 6. The second kappa shape index (κ2) is 9.12. The summed E-state index contributed by atoms with van der Waals surface area (Å²) in [6.07, 6.45) is 1.88. The number of benzene rings is 1. The van der Waals surface area contributed by atoms with Crippen molar-refractivity contribution in [3.8, 4) is 0 Å². The van der Waals surface area contributed by atoms with Crippen molar-refractivity contribution in [3.05, 3.63) is 42.5 Å². The number of amides is 2. The monoisotopic (exact) mass is 297 g/mol. The Morgan fingerprint density at radius 2 is 1.95 bits per heavy atom. The molecule has 0 aromatic heterocycles. The fourth-order valence-electron chi connectivity index (χ4n) is 1.48. The number of carbonyl (C=O) groups excluding carboxylic acids is 2. The number of hydrogen-bond donors (Lipinski definition) is 3. The molecule has 110 valence electrons. The molecule has 1 aromatic rings. The highest BCUT2D eigenvalue weighted by Crippen LogP contribution is 2.10. The molecule has 0 radical (unpaired) electrons. The van der Waals surface area contributed by atoms with Gasteiger partial charge >= 0.3 is 0 Å². The topological polar surface area (TPSA) is 84.2 Å². The van der Waals surface area contributed by atoms with Crippen LogP contribution in [0.4, 0.5) is 5.69 Å². The lowest BCUT2D eigenvalue weighted by atomic mass is 10.2. The molecule has 0 aliphatic rings. The first kappa shape index (κ1) is 18.1. The van der Waals surface area contributed by atoms with Crippen LogP contribution in [-0.2, 0) is 4.79 Å². The Bertz CT molecular complexity index is 458. The highest BCUT2D eigenvalue weighted by atomic mass is 35.5. The van der Waals surface area contributed by atoms with E-state index < -0.39 is 0 Å². The van der Waals surface area contributed by atoms with Crippen molar-refractivity contribution in [2.75, 3.05) is 11.9 Å². The van der Waals surface area contributed by atoms with Crippen LogP contribution in [0.3, 0.4) is 0 Å². The molecule has 0 aliphatic heterocycles. The molecule has 0 fully saturated rings. The highest BCUT2D eigenvalue weighted by Gasteiger charge is 2.07. The Morgan fingerprint density at radius 1 is 1.35 bits per heavy atom. The Morgan fingerprint density at radius 3 is 2.45 bits per heavy atom. The first-order valence-electron chi connectivity index (χ1n) is 6.07. The Hall–Kier alpha value is -1.85. The Kier molecular flexibility index (Phi) is 8.27. The van der Waals surface area contributed by atoms with Gasteiger partial charge in [-0.25, -0.2) is 0 Å². The quantitative estimate of drug-likeness (QED) is 0.699. The summed E-state index contributed by atoms with van der Waals surface area (Å²) >= 11 is 0. The average molecular weight is 298 g/mol. The highest BCUT2D eigenvalue weighted by molar-refractivity contribution is 5.95. The standard InChI is InChI=1S/C14H19N3O2.ClH/c1-3-8-16-14(19)11-4-6-12(7-5-11)17-13(18)9-10(2)15;/h3-7,10H,1,8-9,15H2,2H3,(H,16,19)(H,17,18);1H. The van der Waals surface area contributed by atoms with E-state index >= 15 is 0 Å². The maximum absolute atomic E-state index is 11.6. The first-order chi connectivity index (χ1) is 9.02. The molecule has 0 heterocycles. The van der Waals surface area contributed by atoms with E-state index in [1.807, 2.05) is 0 Å². The van der Waals surface area contributed by atoms with Crippen LogP contribution in [0.15, 0.2) is 36.9 Å². The largest absolute Gasteiger partial charge is 0.349 e. The first-order valence-corrected chi connectivity index (χ1v) is 6.07. The van der Waals surface area contributed by atoms with E-state index in [1.54, 1.807) is 37.3 Å². The average Bonchev–Trinajstić information content (AvgIpc) is 2.35.